The molecule has 0 aromatic rings. The number of hydrogen-bond acceptors (Lipinski definition) is 20. The van der Waals surface area contributed by atoms with Crippen LogP contribution in [0.15, 0.2) is 0 Å². The third-order valence-electron chi connectivity index (χ3n) is 27.7. The van der Waals surface area contributed by atoms with E-state index in [2.05, 4.69) is 0 Å². The highest BCUT2D eigenvalue weighted by molar-refractivity contribution is 7.03. The minimum absolute atomic E-state index is 0.324. The maximum atomic E-state index is 8.73. The summed E-state index contributed by atoms with van der Waals surface area (Å²) in [5, 5.41) is 0. The second-order valence-corrected chi connectivity index (χ2v) is 59.2. The molecule has 8 aliphatic carbocycles. The van der Waals surface area contributed by atoms with Crippen molar-refractivity contribution in [3.05, 3.63) is 0 Å². The molecule has 20 nitrogen and oxygen atoms in total. The molecule has 24 unspecified atom stereocenters. The van der Waals surface area contributed by atoms with Gasteiger partial charge < -0.3 is 87.3 Å². The first-order valence-corrected chi connectivity index (χ1v) is 54.5. The van der Waals surface area contributed by atoms with Gasteiger partial charge in [-0.2, -0.15) is 0 Å². The highest BCUT2D eigenvalue weighted by Gasteiger charge is 2.83. The van der Waals surface area contributed by atoms with Crippen molar-refractivity contribution < 1.29 is 87.3 Å². The lowest BCUT2D eigenvalue weighted by atomic mass is 9.86. The predicted molar refractivity (Wildman–Crippen MR) is 347 cm³/mol. The van der Waals surface area contributed by atoms with Gasteiger partial charge in [0.05, 0.1) is 97.7 Å². The third kappa shape index (κ3) is 13.1. The molecule has 22 aliphatic rings. The van der Waals surface area contributed by atoms with Crippen LogP contribution in [0.1, 0.15) is 212 Å². The van der Waals surface area contributed by atoms with Crippen LogP contribution in [0.3, 0.4) is 0 Å². The molecule has 0 spiro atoms. The van der Waals surface area contributed by atoms with Gasteiger partial charge in [0.15, 0.2) is 0 Å². The standard InChI is InChI=1S/C65H106O20Si8/c1(2-42-3-11-50-58(34-42)66-50)26-86-74-87(27-19-43-4-12-51-59(35-43)67-51)77-90(30-22-46-7-15-54-62(38-46)70-54)79-88(75-86,28-20-44-5-13-52-60(36-44)68-52)81-92(32-24-48-9-17-56-64(40-48)72-56)82-89(76-86,29-21-45-6-14-53-61(37-45)69-53)80-91(78-87,31-23-47-8-16-55-63(39-47)71-55)84-93(83-90,85-92)33-25-49-10-18-57-65(41-49)73-57/h42-65H,1-41H2. The number of fused-ring (bicyclic) bond motifs is 8. The van der Waals surface area contributed by atoms with Gasteiger partial charge in [0, 0.05) is 48.4 Å². The van der Waals surface area contributed by atoms with Gasteiger partial charge in [-0.15, -0.1) is 0 Å². The van der Waals surface area contributed by atoms with Gasteiger partial charge >= 0.3 is 70.4 Å². The number of ether oxygens (including phenoxy) is 8. The fourth-order valence-electron chi connectivity index (χ4n) is 21.8. The van der Waals surface area contributed by atoms with Gasteiger partial charge in [0.2, 0.25) is 0 Å². The van der Waals surface area contributed by atoms with Gasteiger partial charge in [0.1, 0.15) is 0 Å². The first-order valence-electron chi connectivity index (χ1n) is 39.0. The van der Waals surface area contributed by atoms with E-state index in [1.54, 1.807) is 0 Å². The summed E-state index contributed by atoms with van der Waals surface area (Å²) in [6.45, 7) is 0. The number of rotatable bonds is 25. The van der Waals surface area contributed by atoms with Crippen molar-refractivity contribution >= 4 is 70.4 Å². The predicted octanol–water partition coefficient (Wildman–Crippen LogP) is 11.8. The molecule has 0 N–H and O–H groups in total. The number of hydrogen-bond donors (Lipinski definition) is 0. The lowest BCUT2D eigenvalue weighted by molar-refractivity contribution is -0.0331. The van der Waals surface area contributed by atoms with Crippen LogP contribution in [0.25, 0.3) is 0 Å². The summed E-state index contributed by atoms with van der Waals surface area (Å²) in [7, 11) is -33.6. The molecule has 0 aromatic carbocycles. The zero-order valence-electron chi connectivity index (χ0n) is 55.0. The molecule has 22 fully saturated rings. The maximum Gasteiger partial charge on any atom is 0.478 e. The lowest BCUT2D eigenvalue weighted by Gasteiger charge is -2.63. The maximum absolute atomic E-state index is 8.73. The van der Waals surface area contributed by atoms with Crippen molar-refractivity contribution in [2.45, 2.75) is 358 Å². The van der Waals surface area contributed by atoms with Crippen molar-refractivity contribution in [3.8, 4) is 0 Å². The minimum Gasteiger partial charge on any atom is -0.373 e. The van der Waals surface area contributed by atoms with Crippen LogP contribution in [-0.2, 0) is 87.3 Å². The Morgan fingerprint density at radius 3 is 0.473 bits per heavy atom. The van der Waals surface area contributed by atoms with Crippen molar-refractivity contribution in [1.82, 2.24) is 0 Å². The average Bonchev–Trinajstić information content (AvgIpc) is 1.67. The van der Waals surface area contributed by atoms with Gasteiger partial charge in [-0.25, -0.2) is 0 Å². The Labute approximate surface area is 559 Å². The number of epoxide rings is 8. The summed E-state index contributed by atoms with van der Waals surface area (Å²) in [4.78, 5) is 0. The van der Waals surface area contributed by atoms with Crippen LogP contribution >= 0.6 is 0 Å². The van der Waals surface area contributed by atoms with Gasteiger partial charge in [-0.1, -0.05) is 6.42 Å². The van der Waals surface area contributed by atoms with E-state index in [1.165, 1.54) is 6.42 Å². The zero-order chi connectivity index (χ0) is 61.0. The van der Waals surface area contributed by atoms with Gasteiger partial charge in [-0.05, 0) is 253 Å². The van der Waals surface area contributed by atoms with Crippen molar-refractivity contribution in [2.24, 2.45) is 47.3 Å². The van der Waals surface area contributed by atoms with Gasteiger partial charge in [-0.3, -0.25) is 0 Å². The van der Waals surface area contributed by atoms with Crippen LogP contribution in [-0.4, -0.2) is 168 Å². The first kappa shape index (κ1) is 62.5. The fourth-order valence-corrected chi connectivity index (χ4v) is 73.3. The monoisotopic (exact) mass is 1430 g/mol. The highest BCUT2D eigenvalue weighted by atomic mass is 28.6. The van der Waals surface area contributed by atoms with Crippen LogP contribution in [0.2, 0.25) is 48.4 Å². The Balaban J connectivity index is 0.741. The molecule has 28 heteroatoms. The van der Waals surface area contributed by atoms with E-state index < -0.39 is 70.4 Å². The van der Waals surface area contributed by atoms with Crippen molar-refractivity contribution in [2.75, 3.05) is 0 Å². The largest absolute Gasteiger partial charge is 0.478 e. The van der Waals surface area contributed by atoms with Crippen molar-refractivity contribution in [1.29, 1.82) is 0 Å². The zero-order valence-corrected chi connectivity index (χ0v) is 63.0. The van der Waals surface area contributed by atoms with E-state index in [0.29, 0.717) is 193 Å². The second kappa shape index (κ2) is 23.7. The second-order valence-electron chi connectivity index (χ2n) is 34.5. The van der Waals surface area contributed by atoms with Crippen LogP contribution in [0, 0.1) is 47.3 Å². The van der Waals surface area contributed by atoms with E-state index in [0.717, 1.165) is 205 Å². The Morgan fingerprint density at radius 1 is 0.161 bits per heavy atom. The molecule has 14 heterocycles. The molecule has 8 saturated carbocycles. The minimum atomic E-state index is -4.20. The molecule has 24 atom stereocenters. The summed E-state index contributed by atoms with van der Waals surface area (Å²) in [6.07, 6.45) is 39.7. The van der Waals surface area contributed by atoms with E-state index in [-0.39, 0.29) is 0 Å². The smallest absolute Gasteiger partial charge is 0.373 e. The normalized spacial score (nSPS) is 57.9. The van der Waals surface area contributed by atoms with E-state index >= 15 is 0 Å². The van der Waals surface area contributed by atoms with Crippen LogP contribution < -0.4 is 0 Å². The Kier molecular flexibility index (Phi) is 15.9. The summed E-state index contributed by atoms with van der Waals surface area (Å²) in [6, 6.07) is 4.52. The summed E-state index contributed by atoms with van der Waals surface area (Å²) in [5.41, 5.74) is 0. The van der Waals surface area contributed by atoms with E-state index in [1.807, 2.05) is 0 Å². The van der Waals surface area contributed by atoms with Gasteiger partial charge in [0.25, 0.3) is 0 Å². The lowest BCUT2D eigenvalue weighted by Crippen LogP contribution is -2.88. The highest BCUT2D eigenvalue weighted by Crippen LogP contribution is 2.60. The third-order valence-corrected chi connectivity index (χ3v) is 64.9. The van der Waals surface area contributed by atoms with E-state index in [4.69, 9.17) is 87.3 Å². The molecule has 0 radical (unpaired) electrons. The summed E-state index contributed by atoms with van der Waals surface area (Å²) < 4.78 is 155. The van der Waals surface area contributed by atoms with Crippen molar-refractivity contribution in [3.63, 3.8) is 0 Å². The molecular formula is C65H106O20Si8. The summed E-state index contributed by atoms with van der Waals surface area (Å²) in [5.74, 6) is 3.46. The fraction of sp³-hybridized carbons (Fsp3) is 1.00. The molecule has 518 valence electrons. The van der Waals surface area contributed by atoms with E-state index in [9.17, 15) is 0 Å². The summed E-state index contributed by atoms with van der Waals surface area (Å²) >= 11 is 0. The molecule has 0 aromatic heterocycles. The molecular weight excluding hydrogens is 1330 g/mol. The molecule has 14 aliphatic heterocycles. The topological polar surface area (TPSA) is 211 Å². The SMILES string of the molecule is C(CC1CCC2OC2C1)C[Si]12O[Si]3(CCC4CCC5OC5C4)O[Si]4(CCC5CCC6OC6C5)O[Si](CCC5CCC6OC6C5)(O1)O[Si]1(CCC5CCC6OC6C5)O[Si](CCC5CCC6OC6C5)(O2)O[Si](CCC2CCC5OC5C2)(O3)O[Si](CCC2CCC3OC3C2)(O4)O1. The first-order chi connectivity index (χ1) is 45.3. The molecule has 22 rings (SSSR count). The Hall–Kier alpha value is 0.935. The average molecular weight is 1430 g/mol. The van der Waals surface area contributed by atoms with Crippen LogP contribution in [0.5, 0.6) is 0 Å². The molecule has 14 saturated heterocycles. The molecule has 93 heavy (non-hydrogen) atoms. The van der Waals surface area contributed by atoms with Crippen LogP contribution in [0.4, 0.5) is 0 Å². The Bertz CT molecular complexity index is 2550. The quantitative estimate of drug-likeness (QED) is 0.0614. The molecule has 0 amide bonds. The Morgan fingerprint density at radius 2 is 0.312 bits per heavy atom. The molecule has 8 bridgehead atoms.